The Morgan fingerprint density at radius 3 is 2.66 bits per heavy atom. The third-order valence-electron chi connectivity index (χ3n) is 5.83. The first-order valence-corrected chi connectivity index (χ1v) is 11.6. The Labute approximate surface area is 206 Å². The van der Waals surface area contributed by atoms with Crippen molar-refractivity contribution in [3.63, 3.8) is 0 Å². The highest BCUT2D eigenvalue weighted by Gasteiger charge is 2.22. The number of hydrogen-bond acceptors (Lipinski definition) is 7. The first-order chi connectivity index (χ1) is 17.0. The highest BCUT2D eigenvalue weighted by molar-refractivity contribution is 6.33. The molecule has 0 radical (unpaired) electrons. The van der Waals surface area contributed by atoms with Gasteiger partial charge in [0.15, 0.2) is 0 Å². The number of carbonyl (C=O) groups is 1. The van der Waals surface area contributed by atoms with Gasteiger partial charge in [-0.1, -0.05) is 23.7 Å². The predicted octanol–water partition coefficient (Wildman–Crippen LogP) is 4.64. The van der Waals surface area contributed by atoms with E-state index < -0.39 is 0 Å². The molecule has 1 amide bonds. The van der Waals surface area contributed by atoms with Gasteiger partial charge in [-0.25, -0.2) is 0 Å². The van der Waals surface area contributed by atoms with Crippen molar-refractivity contribution in [2.45, 2.75) is 18.9 Å². The zero-order chi connectivity index (χ0) is 24.4. The van der Waals surface area contributed by atoms with Gasteiger partial charge >= 0.3 is 0 Å². The Hall–Kier alpha value is -3.82. The van der Waals surface area contributed by atoms with Crippen molar-refractivity contribution in [3.05, 3.63) is 59.2 Å². The van der Waals surface area contributed by atoms with Crippen molar-refractivity contribution >= 4 is 40.2 Å². The summed E-state index contributed by atoms with van der Waals surface area (Å²) in [6, 6.07) is 11.9. The maximum atomic E-state index is 11.9. The Morgan fingerprint density at radius 1 is 1.17 bits per heavy atom. The summed E-state index contributed by atoms with van der Waals surface area (Å²) >= 11 is 6.42. The maximum Gasteiger partial charge on any atom is 0.251 e. The third-order valence-corrected chi connectivity index (χ3v) is 6.14. The topological polar surface area (TPSA) is 121 Å². The number of hydrogen-bond donors (Lipinski definition) is 4. The van der Waals surface area contributed by atoms with Crippen LogP contribution in [0.4, 0.5) is 11.6 Å². The molecule has 0 atom stereocenters. The van der Waals surface area contributed by atoms with E-state index in [0.717, 1.165) is 29.4 Å². The van der Waals surface area contributed by atoms with Gasteiger partial charge in [-0.05, 0) is 35.9 Å². The number of aromatic hydroxyl groups is 1. The zero-order valence-electron chi connectivity index (χ0n) is 19.0. The molecular weight excluding hydrogens is 470 g/mol. The SMILES string of the molecule is CNC(=O)c1ccc(Nc2nc(OC3CCOCC3)c3c(-c4ccc(O)cc4)c[nH]c3n2)c(Cl)c1. The average molecular weight is 494 g/mol. The molecule has 1 aliphatic rings. The Morgan fingerprint density at radius 2 is 1.94 bits per heavy atom. The van der Waals surface area contributed by atoms with Gasteiger partial charge in [0.1, 0.15) is 17.5 Å². The third kappa shape index (κ3) is 4.87. The maximum absolute atomic E-state index is 11.9. The van der Waals surface area contributed by atoms with Crippen LogP contribution in [0.15, 0.2) is 48.7 Å². The van der Waals surface area contributed by atoms with E-state index in [-0.39, 0.29) is 17.8 Å². The van der Waals surface area contributed by atoms with Crippen LogP contribution < -0.4 is 15.4 Å². The van der Waals surface area contributed by atoms with Crippen molar-refractivity contribution in [1.82, 2.24) is 20.3 Å². The summed E-state index contributed by atoms with van der Waals surface area (Å²) in [4.78, 5) is 24.4. The molecule has 9 nitrogen and oxygen atoms in total. The van der Waals surface area contributed by atoms with Crippen molar-refractivity contribution in [1.29, 1.82) is 0 Å². The van der Waals surface area contributed by atoms with Crippen molar-refractivity contribution in [2.75, 3.05) is 25.6 Å². The molecule has 4 aromatic rings. The standard InChI is InChI=1S/C25H24ClN5O4/c1-27-23(33)15-4-7-20(19(26)12-15)29-25-30-22-21(24(31-25)35-17-8-10-34-11-9-17)18(13-28-22)14-2-5-16(32)6-3-14/h2-7,12-13,17,32H,8-11H2,1H3,(H,27,33)(H2,28,29,30,31). The van der Waals surface area contributed by atoms with Crippen LogP contribution in [0, 0.1) is 0 Å². The molecule has 0 aliphatic carbocycles. The van der Waals surface area contributed by atoms with Gasteiger partial charge in [-0.3, -0.25) is 4.79 Å². The van der Waals surface area contributed by atoms with Gasteiger partial charge in [0.25, 0.3) is 5.91 Å². The number of phenols is 1. The molecule has 4 N–H and O–H groups in total. The molecule has 2 aromatic heterocycles. The summed E-state index contributed by atoms with van der Waals surface area (Å²) in [5.41, 5.74) is 3.35. The number of rotatable bonds is 6. The van der Waals surface area contributed by atoms with Gasteiger partial charge in [-0.2, -0.15) is 9.97 Å². The van der Waals surface area contributed by atoms with Crippen molar-refractivity contribution < 1.29 is 19.4 Å². The lowest BCUT2D eigenvalue weighted by molar-refractivity contribution is 0.0244. The fourth-order valence-electron chi connectivity index (χ4n) is 3.98. The van der Waals surface area contributed by atoms with E-state index in [0.29, 0.717) is 47.0 Å². The number of phenolic OH excluding ortho intramolecular Hbond substituents is 1. The quantitative estimate of drug-likeness (QED) is 0.308. The predicted molar refractivity (Wildman–Crippen MR) is 134 cm³/mol. The zero-order valence-corrected chi connectivity index (χ0v) is 19.7. The molecular formula is C25H24ClN5O4. The molecule has 0 spiro atoms. The second-order valence-corrected chi connectivity index (χ2v) is 8.56. The lowest BCUT2D eigenvalue weighted by Crippen LogP contribution is -2.26. The first-order valence-electron chi connectivity index (χ1n) is 11.2. The van der Waals surface area contributed by atoms with Crippen LogP contribution in [0.1, 0.15) is 23.2 Å². The summed E-state index contributed by atoms with van der Waals surface area (Å²) in [6.45, 7) is 1.27. The Bertz CT molecular complexity index is 1370. The highest BCUT2D eigenvalue weighted by atomic mass is 35.5. The summed E-state index contributed by atoms with van der Waals surface area (Å²) < 4.78 is 11.8. The summed E-state index contributed by atoms with van der Waals surface area (Å²) in [7, 11) is 1.56. The monoisotopic (exact) mass is 493 g/mol. The average Bonchev–Trinajstić information content (AvgIpc) is 3.30. The Balaban J connectivity index is 1.54. The number of H-pyrrole nitrogens is 1. The fourth-order valence-corrected chi connectivity index (χ4v) is 4.21. The number of anilines is 2. The van der Waals surface area contributed by atoms with Crippen LogP contribution in [-0.4, -0.2) is 52.3 Å². The smallest absolute Gasteiger partial charge is 0.251 e. The molecule has 180 valence electrons. The number of nitrogens with zero attached hydrogens (tertiary/aromatic N) is 2. The van der Waals surface area contributed by atoms with Gasteiger partial charge < -0.3 is 30.2 Å². The molecule has 1 saturated heterocycles. The number of aromatic amines is 1. The van der Waals surface area contributed by atoms with Crippen molar-refractivity contribution in [3.8, 4) is 22.8 Å². The fraction of sp³-hybridized carbons (Fsp3) is 0.240. The number of fused-ring (bicyclic) bond motifs is 1. The van der Waals surface area contributed by atoms with E-state index in [1.165, 1.54) is 0 Å². The highest BCUT2D eigenvalue weighted by Crippen LogP contribution is 2.37. The molecule has 35 heavy (non-hydrogen) atoms. The summed E-state index contributed by atoms with van der Waals surface area (Å²) in [6.07, 6.45) is 3.34. The lowest BCUT2D eigenvalue weighted by atomic mass is 10.1. The molecule has 0 saturated carbocycles. The largest absolute Gasteiger partial charge is 0.508 e. The number of benzene rings is 2. The van der Waals surface area contributed by atoms with Crippen LogP contribution in [0.2, 0.25) is 5.02 Å². The Kier molecular flexibility index (Phi) is 6.43. The summed E-state index contributed by atoms with van der Waals surface area (Å²) in [5.74, 6) is 0.700. The van der Waals surface area contributed by atoms with E-state index >= 15 is 0 Å². The molecule has 1 fully saturated rings. The van der Waals surface area contributed by atoms with E-state index in [4.69, 9.17) is 21.1 Å². The number of amides is 1. The van der Waals surface area contributed by atoms with Gasteiger partial charge in [0, 0.05) is 37.2 Å². The molecule has 0 bridgehead atoms. The minimum atomic E-state index is -0.226. The van der Waals surface area contributed by atoms with Gasteiger partial charge in [0.2, 0.25) is 11.8 Å². The summed E-state index contributed by atoms with van der Waals surface area (Å²) in [5, 5.41) is 16.5. The van der Waals surface area contributed by atoms with Crippen LogP contribution in [0.5, 0.6) is 11.6 Å². The second-order valence-electron chi connectivity index (χ2n) is 8.15. The van der Waals surface area contributed by atoms with E-state index in [1.807, 2.05) is 18.3 Å². The van der Waals surface area contributed by atoms with Crippen LogP contribution >= 0.6 is 11.6 Å². The number of carbonyl (C=O) groups excluding carboxylic acids is 1. The minimum absolute atomic E-state index is 0.0345. The second kappa shape index (κ2) is 9.81. The number of aromatic nitrogens is 3. The molecule has 3 heterocycles. The van der Waals surface area contributed by atoms with E-state index in [1.54, 1.807) is 37.4 Å². The van der Waals surface area contributed by atoms with Gasteiger partial charge in [-0.15, -0.1) is 0 Å². The van der Waals surface area contributed by atoms with Crippen LogP contribution in [0.3, 0.4) is 0 Å². The van der Waals surface area contributed by atoms with Gasteiger partial charge in [0.05, 0.1) is 29.3 Å². The molecule has 10 heteroatoms. The molecule has 1 aliphatic heterocycles. The minimum Gasteiger partial charge on any atom is -0.508 e. The van der Waals surface area contributed by atoms with E-state index in [9.17, 15) is 9.90 Å². The number of ether oxygens (including phenoxy) is 2. The number of nitrogens with one attached hydrogen (secondary N) is 3. The number of halogens is 1. The van der Waals surface area contributed by atoms with Crippen LogP contribution in [-0.2, 0) is 4.74 Å². The molecule has 5 rings (SSSR count). The molecule has 0 unspecified atom stereocenters. The molecule has 2 aromatic carbocycles. The van der Waals surface area contributed by atoms with Crippen molar-refractivity contribution in [2.24, 2.45) is 0 Å². The van der Waals surface area contributed by atoms with Crippen LogP contribution in [0.25, 0.3) is 22.2 Å². The lowest BCUT2D eigenvalue weighted by Gasteiger charge is -2.23. The first kappa shape index (κ1) is 22.9. The van der Waals surface area contributed by atoms with E-state index in [2.05, 4.69) is 25.6 Å². The normalized spacial score (nSPS) is 14.1.